The lowest BCUT2D eigenvalue weighted by Crippen LogP contribution is -2.18. The molecule has 0 bridgehead atoms. The van der Waals surface area contributed by atoms with Gasteiger partial charge in [-0.2, -0.15) is 0 Å². The molecule has 2 N–H and O–H groups in total. The summed E-state index contributed by atoms with van der Waals surface area (Å²) in [5, 5.41) is 8.52. The summed E-state index contributed by atoms with van der Waals surface area (Å²) < 4.78 is 2.11. The molecule has 2 saturated carbocycles. The van der Waals surface area contributed by atoms with E-state index in [-0.39, 0.29) is 12.3 Å². The van der Waals surface area contributed by atoms with Crippen molar-refractivity contribution in [3.63, 3.8) is 0 Å². The van der Waals surface area contributed by atoms with E-state index in [4.69, 9.17) is 5.73 Å². The molecular weight excluding hydrogens is 228 g/mol. The zero-order valence-corrected chi connectivity index (χ0v) is 10.6. The molecule has 2 fully saturated rings. The standard InChI is InChI=1S/C13H20N4O/c14-12(18)8-11-13(9-6-7-9)17(16-15-11)10-4-2-1-3-5-10/h9-10H,1-8H2,(H2,14,18). The van der Waals surface area contributed by atoms with Crippen LogP contribution in [0.25, 0.3) is 0 Å². The SMILES string of the molecule is NC(=O)Cc1nnn(C2CCCCC2)c1C1CC1. The van der Waals surface area contributed by atoms with Crippen LogP contribution >= 0.6 is 0 Å². The zero-order chi connectivity index (χ0) is 12.5. The Hall–Kier alpha value is -1.39. The van der Waals surface area contributed by atoms with Gasteiger partial charge in [0.15, 0.2) is 0 Å². The molecule has 0 atom stereocenters. The van der Waals surface area contributed by atoms with Crippen LogP contribution in [0.15, 0.2) is 0 Å². The summed E-state index contributed by atoms with van der Waals surface area (Å²) in [5.41, 5.74) is 7.30. The number of rotatable bonds is 4. The number of carbonyl (C=O) groups is 1. The van der Waals surface area contributed by atoms with Gasteiger partial charge in [-0.05, 0) is 25.7 Å². The Morgan fingerprint density at radius 2 is 1.94 bits per heavy atom. The number of hydrogen-bond donors (Lipinski definition) is 1. The Morgan fingerprint density at radius 3 is 2.56 bits per heavy atom. The van der Waals surface area contributed by atoms with E-state index < -0.39 is 0 Å². The van der Waals surface area contributed by atoms with Crippen molar-refractivity contribution >= 4 is 5.91 Å². The molecule has 5 heteroatoms. The molecule has 0 radical (unpaired) electrons. The summed E-state index contributed by atoms with van der Waals surface area (Å²) in [5.74, 6) is 0.254. The average Bonchev–Trinajstić information content (AvgIpc) is 3.12. The van der Waals surface area contributed by atoms with Crippen LogP contribution in [0, 0.1) is 0 Å². The predicted molar refractivity (Wildman–Crippen MR) is 67.0 cm³/mol. The molecule has 1 amide bonds. The van der Waals surface area contributed by atoms with E-state index in [1.54, 1.807) is 0 Å². The molecule has 2 aliphatic rings. The summed E-state index contributed by atoms with van der Waals surface area (Å²) in [6.07, 6.45) is 8.91. The van der Waals surface area contributed by atoms with Crippen molar-refractivity contribution in [1.82, 2.24) is 15.0 Å². The Morgan fingerprint density at radius 1 is 1.22 bits per heavy atom. The number of hydrogen-bond acceptors (Lipinski definition) is 3. The molecule has 0 saturated heterocycles. The maximum absolute atomic E-state index is 11.1. The first-order chi connectivity index (χ1) is 8.75. The van der Waals surface area contributed by atoms with Crippen molar-refractivity contribution in [2.45, 2.75) is 63.3 Å². The quantitative estimate of drug-likeness (QED) is 0.881. The van der Waals surface area contributed by atoms with Crippen LogP contribution in [0.5, 0.6) is 0 Å². The summed E-state index contributed by atoms with van der Waals surface area (Å²) in [4.78, 5) is 11.1. The normalized spacial score (nSPS) is 21.1. The number of nitrogens with zero attached hydrogens (tertiary/aromatic N) is 3. The van der Waals surface area contributed by atoms with E-state index >= 15 is 0 Å². The molecule has 3 rings (SSSR count). The van der Waals surface area contributed by atoms with Gasteiger partial charge in [-0.1, -0.05) is 24.5 Å². The number of nitrogens with two attached hydrogens (primary N) is 1. The molecule has 18 heavy (non-hydrogen) atoms. The van der Waals surface area contributed by atoms with Crippen LogP contribution < -0.4 is 5.73 Å². The van der Waals surface area contributed by atoms with E-state index in [2.05, 4.69) is 15.0 Å². The van der Waals surface area contributed by atoms with Gasteiger partial charge in [-0.25, -0.2) is 4.68 Å². The van der Waals surface area contributed by atoms with Crippen molar-refractivity contribution in [3.8, 4) is 0 Å². The predicted octanol–water partition coefficient (Wildman–Crippen LogP) is 1.69. The zero-order valence-electron chi connectivity index (χ0n) is 10.6. The third-order valence-corrected chi connectivity index (χ3v) is 4.03. The maximum Gasteiger partial charge on any atom is 0.223 e. The summed E-state index contributed by atoms with van der Waals surface area (Å²) >= 11 is 0. The first kappa shape index (κ1) is 11.7. The lowest BCUT2D eigenvalue weighted by molar-refractivity contribution is -0.117. The van der Waals surface area contributed by atoms with Crippen molar-refractivity contribution in [3.05, 3.63) is 11.4 Å². The summed E-state index contributed by atoms with van der Waals surface area (Å²) in [6, 6.07) is 0.489. The Bertz CT molecular complexity index is 444. The van der Waals surface area contributed by atoms with Gasteiger partial charge in [0.05, 0.1) is 23.9 Å². The minimum Gasteiger partial charge on any atom is -0.369 e. The molecule has 1 aromatic heterocycles. The van der Waals surface area contributed by atoms with Gasteiger partial charge >= 0.3 is 0 Å². The fraction of sp³-hybridized carbons (Fsp3) is 0.769. The molecular formula is C13H20N4O. The van der Waals surface area contributed by atoms with Crippen molar-refractivity contribution in [2.24, 2.45) is 5.73 Å². The second-order valence-electron chi connectivity index (χ2n) is 5.58. The maximum atomic E-state index is 11.1. The largest absolute Gasteiger partial charge is 0.369 e. The van der Waals surface area contributed by atoms with Gasteiger partial charge in [0.2, 0.25) is 5.91 Å². The third-order valence-electron chi connectivity index (χ3n) is 4.03. The van der Waals surface area contributed by atoms with Gasteiger partial charge in [0.25, 0.3) is 0 Å². The van der Waals surface area contributed by atoms with Crippen molar-refractivity contribution in [1.29, 1.82) is 0 Å². The molecule has 5 nitrogen and oxygen atoms in total. The monoisotopic (exact) mass is 248 g/mol. The highest BCUT2D eigenvalue weighted by Gasteiger charge is 2.33. The second kappa shape index (κ2) is 4.71. The molecule has 98 valence electrons. The van der Waals surface area contributed by atoms with Crippen molar-refractivity contribution in [2.75, 3.05) is 0 Å². The minimum atomic E-state index is -0.312. The highest BCUT2D eigenvalue weighted by molar-refractivity contribution is 5.76. The van der Waals surface area contributed by atoms with Crippen LogP contribution in [0.3, 0.4) is 0 Å². The lowest BCUT2D eigenvalue weighted by Gasteiger charge is -2.23. The smallest absolute Gasteiger partial charge is 0.223 e. The molecule has 0 spiro atoms. The minimum absolute atomic E-state index is 0.235. The molecule has 1 heterocycles. The summed E-state index contributed by atoms with van der Waals surface area (Å²) in [7, 11) is 0. The van der Waals surface area contributed by atoms with E-state index in [0.717, 1.165) is 5.69 Å². The van der Waals surface area contributed by atoms with Gasteiger partial charge in [0, 0.05) is 5.92 Å². The van der Waals surface area contributed by atoms with E-state index in [9.17, 15) is 4.79 Å². The van der Waals surface area contributed by atoms with E-state index in [1.165, 1.54) is 50.6 Å². The second-order valence-corrected chi connectivity index (χ2v) is 5.58. The number of primary amides is 1. The van der Waals surface area contributed by atoms with Crippen LogP contribution in [0.1, 0.15) is 68.3 Å². The first-order valence-electron chi connectivity index (χ1n) is 6.98. The van der Waals surface area contributed by atoms with E-state index in [0.29, 0.717) is 12.0 Å². The van der Waals surface area contributed by atoms with Gasteiger partial charge < -0.3 is 5.73 Å². The Kier molecular flexibility index (Phi) is 3.06. The number of aromatic nitrogens is 3. The van der Waals surface area contributed by atoms with Crippen LogP contribution in [-0.2, 0) is 11.2 Å². The Balaban J connectivity index is 1.88. The van der Waals surface area contributed by atoms with Crippen LogP contribution in [0.2, 0.25) is 0 Å². The summed E-state index contributed by atoms with van der Waals surface area (Å²) in [6.45, 7) is 0. The molecule has 1 aromatic rings. The molecule has 0 unspecified atom stereocenters. The van der Waals surface area contributed by atoms with E-state index in [1.807, 2.05) is 0 Å². The van der Waals surface area contributed by atoms with Gasteiger partial charge in [-0.3, -0.25) is 4.79 Å². The molecule has 0 aliphatic heterocycles. The average molecular weight is 248 g/mol. The lowest BCUT2D eigenvalue weighted by atomic mass is 9.95. The van der Waals surface area contributed by atoms with Gasteiger partial charge in [0.1, 0.15) is 0 Å². The third kappa shape index (κ3) is 2.26. The van der Waals surface area contributed by atoms with Gasteiger partial charge in [-0.15, -0.1) is 5.10 Å². The topological polar surface area (TPSA) is 73.8 Å². The van der Waals surface area contributed by atoms with Crippen molar-refractivity contribution < 1.29 is 4.79 Å². The highest BCUT2D eigenvalue weighted by atomic mass is 16.1. The highest BCUT2D eigenvalue weighted by Crippen LogP contribution is 2.43. The fourth-order valence-corrected chi connectivity index (χ4v) is 3.00. The number of amides is 1. The molecule has 2 aliphatic carbocycles. The van der Waals surface area contributed by atoms with Crippen LogP contribution in [0.4, 0.5) is 0 Å². The fourth-order valence-electron chi connectivity index (χ4n) is 3.00. The number of carbonyl (C=O) groups excluding carboxylic acids is 1. The molecule has 0 aromatic carbocycles. The Labute approximate surface area is 107 Å². The van der Waals surface area contributed by atoms with Crippen LogP contribution in [-0.4, -0.2) is 20.9 Å². The first-order valence-corrected chi connectivity index (χ1v) is 6.98.